The lowest BCUT2D eigenvalue weighted by molar-refractivity contribution is -0.147. The molecule has 7 heteroatoms. The summed E-state index contributed by atoms with van der Waals surface area (Å²) >= 11 is 0. The molecule has 7 nitrogen and oxygen atoms in total. The van der Waals surface area contributed by atoms with Gasteiger partial charge in [-0.1, -0.05) is 6.07 Å². The Morgan fingerprint density at radius 1 is 1.35 bits per heavy atom. The molecule has 0 bridgehead atoms. The molecule has 110 valence electrons. The number of carbonyl (C=O) groups is 2. The maximum Gasteiger partial charge on any atom is 0.336 e. The summed E-state index contributed by atoms with van der Waals surface area (Å²) < 4.78 is 4.65. The van der Waals surface area contributed by atoms with Gasteiger partial charge in [0.15, 0.2) is 0 Å². The van der Waals surface area contributed by atoms with Gasteiger partial charge in [-0.3, -0.25) is 4.79 Å². The number of carboxylic acid groups (broad SMARTS) is 1. The van der Waals surface area contributed by atoms with Gasteiger partial charge in [-0.05, 0) is 24.6 Å². The summed E-state index contributed by atoms with van der Waals surface area (Å²) in [5, 5.41) is 28.8. The fraction of sp³-hybridized carbons (Fsp3) is 0.385. The molecule has 1 aromatic rings. The van der Waals surface area contributed by atoms with E-state index in [2.05, 4.69) is 4.74 Å². The molecule has 0 aliphatic carbocycles. The molecule has 20 heavy (non-hydrogen) atoms. The van der Waals surface area contributed by atoms with Crippen molar-refractivity contribution in [2.75, 3.05) is 12.3 Å². The number of aromatic carboxylic acids is 1. The molecule has 1 aromatic carbocycles. The van der Waals surface area contributed by atoms with Crippen molar-refractivity contribution in [1.82, 2.24) is 0 Å². The van der Waals surface area contributed by atoms with Crippen molar-refractivity contribution in [2.45, 2.75) is 25.6 Å². The lowest BCUT2D eigenvalue weighted by Gasteiger charge is -2.19. The van der Waals surface area contributed by atoms with E-state index >= 15 is 0 Å². The van der Waals surface area contributed by atoms with E-state index in [0.717, 1.165) is 0 Å². The number of carboxylic acids is 1. The van der Waals surface area contributed by atoms with Gasteiger partial charge in [0, 0.05) is 5.69 Å². The second-order valence-electron chi connectivity index (χ2n) is 4.17. The molecule has 5 N–H and O–H groups in total. The summed E-state index contributed by atoms with van der Waals surface area (Å²) in [6, 6.07) is 3.89. The number of hydrogen-bond donors (Lipinski definition) is 4. The van der Waals surface area contributed by atoms with Gasteiger partial charge < -0.3 is 25.8 Å². The molecule has 0 spiro atoms. The number of hydrogen-bond acceptors (Lipinski definition) is 6. The number of esters is 1. The molecule has 0 fully saturated rings. The SMILES string of the molecule is CCOC(=O)CC(O)C(O)c1ccc(N)cc1C(=O)O. The van der Waals surface area contributed by atoms with Crippen molar-refractivity contribution in [2.24, 2.45) is 0 Å². The van der Waals surface area contributed by atoms with E-state index in [1.807, 2.05) is 0 Å². The average Bonchev–Trinajstić information content (AvgIpc) is 2.37. The Kier molecular flexibility index (Phi) is 5.48. The molecule has 0 aliphatic rings. The van der Waals surface area contributed by atoms with Gasteiger partial charge in [-0.2, -0.15) is 0 Å². The zero-order chi connectivity index (χ0) is 15.3. The second-order valence-corrected chi connectivity index (χ2v) is 4.17. The Hall–Kier alpha value is -2.12. The Balaban J connectivity index is 2.93. The number of carbonyl (C=O) groups excluding carboxylic acids is 1. The number of aliphatic hydroxyl groups is 2. The highest BCUT2D eigenvalue weighted by molar-refractivity contribution is 5.90. The predicted molar refractivity (Wildman–Crippen MR) is 70.0 cm³/mol. The average molecular weight is 283 g/mol. The van der Waals surface area contributed by atoms with E-state index in [1.165, 1.54) is 18.2 Å². The summed E-state index contributed by atoms with van der Waals surface area (Å²) in [4.78, 5) is 22.3. The van der Waals surface area contributed by atoms with Crippen LogP contribution in [0.5, 0.6) is 0 Å². The molecule has 2 unspecified atom stereocenters. The first-order valence-corrected chi connectivity index (χ1v) is 6.01. The van der Waals surface area contributed by atoms with Crippen LogP contribution < -0.4 is 5.73 Å². The third kappa shape index (κ3) is 3.94. The molecule has 0 aromatic heterocycles. The number of aliphatic hydroxyl groups excluding tert-OH is 2. The third-order valence-electron chi connectivity index (χ3n) is 2.67. The van der Waals surface area contributed by atoms with Gasteiger partial charge in [-0.25, -0.2) is 4.79 Å². The van der Waals surface area contributed by atoms with Gasteiger partial charge in [0.25, 0.3) is 0 Å². The Labute approximate surface area is 115 Å². The van der Waals surface area contributed by atoms with Crippen LogP contribution in [-0.2, 0) is 9.53 Å². The van der Waals surface area contributed by atoms with Crippen LogP contribution in [0.25, 0.3) is 0 Å². The smallest absolute Gasteiger partial charge is 0.336 e. The summed E-state index contributed by atoms with van der Waals surface area (Å²) in [6.45, 7) is 1.77. The van der Waals surface area contributed by atoms with E-state index < -0.39 is 30.6 Å². The Morgan fingerprint density at radius 3 is 2.55 bits per heavy atom. The molecule has 0 saturated carbocycles. The van der Waals surface area contributed by atoms with Gasteiger partial charge in [0.05, 0.1) is 24.7 Å². The first kappa shape index (κ1) is 15.9. The summed E-state index contributed by atoms with van der Waals surface area (Å²) in [7, 11) is 0. The minimum atomic E-state index is -1.52. The summed E-state index contributed by atoms with van der Waals surface area (Å²) in [5.74, 6) is -1.96. The largest absolute Gasteiger partial charge is 0.478 e. The highest BCUT2D eigenvalue weighted by Gasteiger charge is 2.26. The number of rotatable bonds is 6. The fourth-order valence-electron chi connectivity index (χ4n) is 1.73. The zero-order valence-electron chi connectivity index (χ0n) is 10.9. The van der Waals surface area contributed by atoms with E-state index in [1.54, 1.807) is 6.92 Å². The van der Waals surface area contributed by atoms with Crippen LogP contribution in [0.2, 0.25) is 0 Å². The zero-order valence-corrected chi connectivity index (χ0v) is 10.9. The van der Waals surface area contributed by atoms with Crippen LogP contribution >= 0.6 is 0 Å². The van der Waals surface area contributed by atoms with Crippen LogP contribution in [0.15, 0.2) is 18.2 Å². The first-order chi connectivity index (χ1) is 9.36. The molecule has 0 radical (unpaired) electrons. The van der Waals surface area contributed by atoms with Crippen molar-refractivity contribution >= 4 is 17.6 Å². The molecule has 2 atom stereocenters. The van der Waals surface area contributed by atoms with Crippen LogP contribution in [-0.4, -0.2) is 40.0 Å². The lowest BCUT2D eigenvalue weighted by atomic mass is 9.96. The van der Waals surface area contributed by atoms with Crippen molar-refractivity contribution in [1.29, 1.82) is 0 Å². The van der Waals surface area contributed by atoms with E-state index in [-0.39, 0.29) is 23.4 Å². The molecular formula is C13H17NO6. The van der Waals surface area contributed by atoms with Crippen LogP contribution in [0.1, 0.15) is 35.4 Å². The highest BCUT2D eigenvalue weighted by atomic mass is 16.5. The highest BCUT2D eigenvalue weighted by Crippen LogP contribution is 2.25. The molecule has 0 saturated heterocycles. The maximum absolute atomic E-state index is 11.2. The minimum Gasteiger partial charge on any atom is -0.478 e. The van der Waals surface area contributed by atoms with E-state index in [0.29, 0.717) is 0 Å². The quantitative estimate of drug-likeness (QED) is 0.436. The lowest BCUT2D eigenvalue weighted by Crippen LogP contribution is -2.24. The van der Waals surface area contributed by atoms with E-state index in [4.69, 9.17) is 10.8 Å². The number of nitrogens with two attached hydrogens (primary N) is 1. The monoisotopic (exact) mass is 283 g/mol. The summed E-state index contributed by atoms with van der Waals surface area (Å²) in [5.41, 5.74) is 5.47. The van der Waals surface area contributed by atoms with E-state index in [9.17, 15) is 19.8 Å². The van der Waals surface area contributed by atoms with Crippen LogP contribution in [0, 0.1) is 0 Å². The van der Waals surface area contributed by atoms with Crippen LogP contribution in [0.4, 0.5) is 5.69 Å². The molecule has 0 amide bonds. The molecule has 0 heterocycles. The predicted octanol–water partition coefficient (Wildman–Crippen LogP) is 0.314. The Bertz CT molecular complexity index is 502. The standard InChI is InChI=1S/C13H17NO6/c1-2-20-11(16)6-10(15)12(17)8-4-3-7(14)5-9(8)13(18)19/h3-5,10,12,15,17H,2,6,14H2,1H3,(H,18,19). The van der Waals surface area contributed by atoms with Gasteiger partial charge in [0.2, 0.25) is 0 Å². The van der Waals surface area contributed by atoms with Crippen LogP contribution in [0.3, 0.4) is 0 Å². The molecule has 0 aliphatic heterocycles. The van der Waals surface area contributed by atoms with Gasteiger partial charge >= 0.3 is 11.9 Å². The van der Waals surface area contributed by atoms with Gasteiger partial charge in [-0.15, -0.1) is 0 Å². The minimum absolute atomic E-state index is 0.0106. The van der Waals surface area contributed by atoms with Crippen molar-refractivity contribution in [3.63, 3.8) is 0 Å². The number of nitrogen functional groups attached to an aromatic ring is 1. The van der Waals surface area contributed by atoms with Crippen molar-refractivity contribution in [3.05, 3.63) is 29.3 Å². The maximum atomic E-state index is 11.2. The van der Waals surface area contributed by atoms with Crippen molar-refractivity contribution in [3.8, 4) is 0 Å². The number of anilines is 1. The fourth-order valence-corrected chi connectivity index (χ4v) is 1.73. The second kappa shape index (κ2) is 6.88. The topological polar surface area (TPSA) is 130 Å². The number of benzene rings is 1. The van der Waals surface area contributed by atoms with Gasteiger partial charge in [0.1, 0.15) is 6.10 Å². The molecule has 1 rings (SSSR count). The normalized spacial score (nSPS) is 13.6. The summed E-state index contributed by atoms with van der Waals surface area (Å²) in [6.07, 6.45) is -3.42. The third-order valence-corrected chi connectivity index (χ3v) is 2.67. The van der Waals surface area contributed by atoms with Crippen molar-refractivity contribution < 1.29 is 29.6 Å². The molecular weight excluding hydrogens is 266 g/mol. The number of ether oxygens (including phenoxy) is 1. The first-order valence-electron chi connectivity index (χ1n) is 6.01. The Morgan fingerprint density at radius 2 is 2.00 bits per heavy atom.